The summed E-state index contributed by atoms with van der Waals surface area (Å²) in [5, 5.41) is 36.2. The number of carbonyl (C=O) groups is 2. The summed E-state index contributed by atoms with van der Waals surface area (Å²) < 4.78 is 66.5. The molecule has 0 amide bonds. The quantitative estimate of drug-likeness (QED) is 0.141. The fraction of sp³-hybridized carbons (Fsp3) is 0.0667. The minimum absolute atomic E-state index is 0.471. The third-order valence-electron chi connectivity index (χ3n) is 5.85. The highest BCUT2D eigenvalue weighted by molar-refractivity contribution is 5.71. The van der Waals surface area contributed by atoms with Gasteiger partial charge in [0.05, 0.1) is 10.2 Å². The number of alkyl halides is 6. The number of nitrogens with zero attached hydrogens (tertiary/aromatic N) is 8. The number of aliphatic carboxylic acids is 2. The molecule has 0 saturated carbocycles. The number of hydrogen-bond acceptors (Lipinski definition) is 10. The molecule has 2 heterocycles. The Kier molecular flexibility index (Phi) is 11.4. The highest BCUT2D eigenvalue weighted by atomic mass is 19.4. The van der Waals surface area contributed by atoms with Crippen molar-refractivity contribution in [3.05, 3.63) is 121 Å². The molecule has 6 rings (SSSR count). The third-order valence-corrected chi connectivity index (χ3v) is 5.85. The Hall–Kier alpha value is -6.86. The lowest BCUT2D eigenvalue weighted by atomic mass is 10.3. The van der Waals surface area contributed by atoms with E-state index in [4.69, 9.17) is 19.8 Å². The zero-order chi connectivity index (χ0) is 36.3. The van der Waals surface area contributed by atoms with Gasteiger partial charge in [-0.05, 0) is 58.1 Å². The van der Waals surface area contributed by atoms with Crippen molar-refractivity contribution < 1.29 is 55.5 Å². The highest BCUT2D eigenvalue weighted by Gasteiger charge is 2.30. The fourth-order valence-corrected chi connectivity index (χ4v) is 3.65. The predicted octanol–water partition coefficient (Wildman–Crippen LogP) is 1.44. The van der Waals surface area contributed by atoms with Crippen LogP contribution in [0.25, 0.3) is 22.7 Å². The molecule has 0 spiro atoms. The molecule has 2 aromatic heterocycles. The van der Waals surface area contributed by atoms with Crippen LogP contribution in [0.4, 0.5) is 38.2 Å². The molecule has 50 heavy (non-hydrogen) atoms. The Morgan fingerprint density at radius 2 is 0.780 bits per heavy atom. The van der Waals surface area contributed by atoms with E-state index in [2.05, 4.69) is 31.5 Å². The lowest BCUT2D eigenvalue weighted by Crippen LogP contribution is -2.41. The van der Waals surface area contributed by atoms with E-state index in [1.807, 2.05) is 121 Å². The van der Waals surface area contributed by atoms with Crippen LogP contribution < -0.4 is 30.4 Å². The van der Waals surface area contributed by atoms with Gasteiger partial charge in [0.25, 0.3) is 0 Å². The number of anilines is 2. The molecule has 2 N–H and O–H groups in total. The molecule has 4 aromatic carbocycles. The number of hydrogen-bond donors (Lipinski definition) is 2. The van der Waals surface area contributed by atoms with Crippen molar-refractivity contribution in [1.29, 1.82) is 0 Å². The zero-order valence-corrected chi connectivity index (χ0v) is 25.0. The fourth-order valence-electron chi connectivity index (χ4n) is 3.65. The van der Waals surface area contributed by atoms with Gasteiger partial charge in [0, 0.05) is 10.4 Å². The van der Waals surface area contributed by atoms with Gasteiger partial charge in [-0.1, -0.05) is 82.2 Å². The molecule has 258 valence electrons. The second kappa shape index (κ2) is 15.8. The molecule has 0 aliphatic rings. The van der Waals surface area contributed by atoms with E-state index in [1.54, 1.807) is 19.0 Å². The van der Waals surface area contributed by atoms with E-state index in [9.17, 15) is 26.3 Å². The number of carbonyl (C=O) groups excluding carboxylic acids is 2. The van der Waals surface area contributed by atoms with Crippen LogP contribution >= 0.6 is 0 Å². The molecule has 0 aliphatic carbocycles. The summed E-state index contributed by atoms with van der Waals surface area (Å²) in [5.41, 5.74) is 9.73. The smallest absolute Gasteiger partial charge is 0.432 e. The molecule has 14 nitrogen and oxygen atoms in total. The van der Waals surface area contributed by atoms with Crippen molar-refractivity contribution in [2.24, 2.45) is 0 Å². The van der Waals surface area contributed by atoms with Gasteiger partial charge in [-0.25, -0.2) is 0 Å². The molecular weight excluding hydrogens is 678 g/mol. The van der Waals surface area contributed by atoms with Gasteiger partial charge in [-0.15, -0.1) is 0 Å². The number of carboxylic acids is 2. The van der Waals surface area contributed by atoms with Crippen molar-refractivity contribution in [3.63, 3.8) is 0 Å². The van der Waals surface area contributed by atoms with Gasteiger partial charge in [-0.2, -0.15) is 37.2 Å². The van der Waals surface area contributed by atoms with Crippen LogP contribution in [0.2, 0.25) is 0 Å². The number of hydrazine groups is 1. The van der Waals surface area contributed by atoms with Crippen LogP contribution in [0.5, 0.6) is 0 Å². The average Bonchev–Trinajstić information content (AvgIpc) is 3.74. The van der Waals surface area contributed by atoms with Crippen LogP contribution in [-0.2, 0) is 9.59 Å². The second-order valence-corrected chi connectivity index (χ2v) is 9.39. The zero-order valence-electron chi connectivity index (χ0n) is 25.0. The van der Waals surface area contributed by atoms with E-state index < -0.39 is 24.3 Å². The first kappa shape index (κ1) is 36.0. The highest BCUT2D eigenvalue weighted by Crippen LogP contribution is 2.13. The van der Waals surface area contributed by atoms with Crippen LogP contribution in [-0.4, -0.2) is 54.5 Å². The molecule has 20 heteroatoms. The lowest BCUT2D eigenvalue weighted by Gasteiger charge is -2.03. The van der Waals surface area contributed by atoms with E-state index in [1.165, 1.54) is 0 Å². The Morgan fingerprint density at radius 1 is 0.520 bits per heavy atom. The number of rotatable bonds is 7. The summed E-state index contributed by atoms with van der Waals surface area (Å²) in [6.45, 7) is 0. The van der Waals surface area contributed by atoms with Crippen LogP contribution in [0.3, 0.4) is 0 Å². The van der Waals surface area contributed by atoms with Crippen LogP contribution in [0.1, 0.15) is 0 Å². The van der Waals surface area contributed by atoms with Crippen molar-refractivity contribution in [2.75, 3.05) is 10.9 Å². The Morgan fingerprint density at radius 3 is 1.04 bits per heavy atom. The lowest BCUT2D eigenvalue weighted by molar-refractivity contribution is -0.650. The minimum Gasteiger partial charge on any atom is -0.542 e. The SMILES string of the molecule is O=C([O-])C(F)(F)F.O=C([O-])C(F)(F)F.c1ccc(-n2nc(NNc3nn(-c4ccccc4)n[n+]3-c3ccccc3)[n+](-c3ccccc3)n2)cc1. The second-order valence-electron chi connectivity index (χ2n) is 9.39. The maximum absolute atomic E-state index is 10.5. The standard InChI is InChI=1S/C26H21N10.2C2HF3O2/c1-5-13-21(14-6-1)33-25(29-35(31-33)23-17-9-3-10-18-23)27-28-26-30-36(24-19-11-4-12-20-24)32-34(26)22-15-7-2-8-16-22;2*3-2(4,5)1(6)7/h1-20,31H;2*(H,6,7)/q+1;;/p-1. The predicted molar refractivity (Wildman–Crippen MR) is 155 cm³/mol. The number of aromatic nitrogens is 8. The van der Waals surface area contributed by atoms with Crippen LogP contribution in [0, 0.1) is 0 Å². The molecule has 0 saturated heterocycles. The molecular formula is C30H22F6N10O4. The number of nitrogens with one attached hydrogen (secondary N) is 2. The number of carboxylic acid groups (broad SMARTS) is 2. The normalized spacial score (nSPS) is 10.9. The Bertz CT molecular complexity index is 1850. The molecule has 0 bridgehead atoms. The van der Waals surface area contributed by atoms with E-state index in [-0.39, 0.29) is 0 Å². The van der Waals surface area contributed by atoms with E-state index in [0.717, 1.165) is 22.7 Å². The van der Waals surface area contributed by atoms with Crippen molar-refractivity contribution in [3.8, 4) is 22.7 Å². The topological polar surface area (TPSA) is 174 Å². The maximum atomic E-state index is 10.5. The minimum atomic E-state index is -5.19. The molecule has 0 radical (unpaired) electrons. The summed E-state index contributed by atoms with van der Waals surface area (Å²) in [7, 11) is 0. The van der Waals surface area contributed by atoms with Gasteiger partial charge in [0.1, 0.15) is 34.7 Å². The van der Waals surface area contributed by atoms with Gasteiger partial charge in [0.2, 0.25) is 0 Å². The maximum Gasteiger partial charge on any atom is 0.432 e. The Labute approximate surface area is 277 Å². The average molecular weight is 701 g/mol. The summed E-state index contributed by atoms with van der Waals surface area (Å²) in [6, 6.07) is 39.1. The summed E-state index contributed by atoms with van der Waals surface area (Å²) in [6.07, 6.45) is -10.4. The number of para-hydroxylation sites is 4. The third kappa shape index (κ3) is 9.82. The van der Waals surface area contributed by atoms with E-state index >= 15 is 0 Å². The Balaban J connectivity index is 0.000000340. The molecule has 0 fully saturated rings. The summed E-state index contributed by atoms with van der Waals surface area (Å²) in [5.74, 6) is -5.07. The van der Waals surface area contributed by atoms with Crippen molar-refractivity contribution >= 4 is 23.8 Å². The number of halogens is 6. The van der Waals surface area contributed by atoms with Gasteiger partial charge in [-0.3, -0.25) is 0 Å². The largest absolute Gasteiger partial charge is 0.542 e. The summed E-state index contributed by atoms with van der Waals surface area (Å²) in [4.78, 5) is 20.7. The van der Waals surface area contributed by atoms with Crippen molar-refractivity contribution in [1.82, 2.24) is 30.2 Å². The molecule has 0 atom stereocenters. The first-order chi connectivity index (χ1) is 23.7. The van der Waals surface area contributed by atoms with Gasteiger partial charge >= 0.3 is 24.2 Å². The summed E-state index contributed by atoms with van der Waals surface area (Å²) >= 11 is 0. The van der Waals surface area contributed by atoms with Crippen molar-refractivity contribution in [2.45, 2.75) is 12.4 Å². The number of tetrazole rings is 2. The molecule has 6 aromatic rings. The number of benzene rings is 4. The van der Waals surface area contributed by atoms with Gasteiger partial charge < -0.3 is 19.8 Å². The van der Waals surface area contributed by atoms with E-state index in [0.29, 0.717) is 11.9 Å². The first-order valence-electron chi connectivity index (χ1n) is 13.8. The van der Waals surface area contributed by atoms with Crippen LogP contribution in [0.15, 0.2) is 121 Å². The first-order valence-corrected chi connectivity index (χ1v) is 13.8. The molecule has 0 unspecified atom stereocenters. The molecule has 0 aliphatic heterocycles. The monoisotopic (exact) mass is 700 g/mol. The van der Waals surface area contributed by atoms with Gasteiger partial charge in [0.15, 0.2) is 0 Å².